The van der Waals surface area contributed by atoms with Crippen LogP contribution in [-0.2, 0) is 9.84 Å². The molecule has 1 N–H and O–H groups in total. The Bertz CT molecular complexity index is 522. The lowest BCUT2D eigenvalue weighted by molar-refractivity contribution is 0.514. The fraction of sp³-hybridized carbons (Fsp3) is 0.538. The minimum atomic E-state index is -3.16. The third kappa shape index (κ3) is 1.79. The number of nitrogens with one attached hydrogen (secondary N) is 1. The first-order chi connectivity index (χ1) is 8.04. The molecule has 1 aliphatic heterocycles. The summed E-state index contributed by atoms with van der Waals surface area (Å²) in [6, 6.07) is 5.67. The molecule has 17 heavy (non-hydrogen) atoms. The Morgan fingerprint density at radius 1 is 1.35 bits per heavy atom. The van der Waals surface area contributed by atoms with Crippen molar-refractivity contribution in [2.24, 2.45) is 0 Å². The zero-order chi connectivity index (χ0) is 12.6. The molecule has 0 radical (unpaired) electrons. The Hall–Kier alpha value is -0.870. The molecule has 2 atom stereocenters. The van der Waals surface area contributed by atoms with E-state index < -0.39 is 9.84 Å². The lowest BCUT2D eigenvalue weighted by Crippen LogP contribution is -2.29. The third-order valence-electron chi connectivity index (χ3n) is 3.52. The summed E-state index contributed by atoms with van der Waals surface area (Å²) >= 11 is 0. The highest BCUT2D eigenvalue weighted by Crippen LogP contribution is 2.42. The van der Waals surface area contributed by atoms with E-state index in [0.29, 0.717) is 11.3 Å². The average molecular weight is 253 g/mol. The van der Waals surface area contributed by atoms with Gasteiger partial charge in [-0.15, -0.1) is 0 Å². The van der Waals surface area contributed by atoms with Crippen molar-refractivity contribution in [1.82, 2.24) is 5.32 Å². The molecule has 0 amide bonds. The number of hydrogen-bond donors (Lipinski definition) is 1. The van der Waals surface area contributed by atoms with Gasteiger partial charge in [0, 0.05) is 0 Å². The van der Waals surface area contributed by atoms with Gasteiger partial charge in [-0.05, 0) is 31.5 Å². The molecule has 0 saturated heterocycles. The van der Waals surface area contributed by atoms with Crippen molar-refractivity contribution in [2.45, 2.75) is 42.9 Å². The quantitative estimate of drug-likeness (QED) is 0.898. The Labute approximate surface area is 103 Å². The molecule has 2 rings (SSSR count). The van der Waals surface area contributed by atoms with Crippen LogP contribution in [0.15, 0.2) is 23.1 Å². The van der Waals surface area contributed by atoms with Crippen LogP contribution < -0.4 is 5.32 Å². The van der Waals surface area contributed by atoms with E-state index in [1.54, 1.807) is 0 Å². The Morgan fingerprint density at radius 3 is 2.65 bits per heavy atom. The summed E-state index contributed by atoms with van der Waals surface area (Å²) < 4.78 is 25.0. The normalized spacial score (nSPS) is 25.8. The van der Waals surface area contributed by atoms with Crippen molar-refractivity contribution in [2.75, 3.05) is 7.05 Å². The average Bonchev–Trinajstić information content (AvgIpc) is 2.49. The van der Waals surface area contributed by atoms with Gasteiger partial charge in [0.15, 0.2) is 9.84 Å². The molecule has 94 valence electrons. The van der Waals surface area contributed by atoms with Crippen molar-refractivity contribution in [3.8, 4) is 0 Å². The summed E-state index contributed by atoms with van der Waals surface area (Å²) in [6.07, 6.45) is 1.59. The molecule has 0 aromatic heterocycles. The second-order valence-electron chi connectivity index (χ2n) is 4.63. The van der Waals surface area contributed by atoms with Gasteiger partial charge in [-0.1, -0.05) is 31.5 Å². The first-order valence-electron chi connectivity index (χ1n) is 6.04. The van der Waals surface area contributed by atoms with Crippen molar-refractivity contribution in [3.63, 3.8) is 0 Å². The van der Waals surface area contributed by atoms with Crippen LogP contribution >= 0.6 is 0 Å². The first kappa shape index (κ1) is 12.6. The van der Waals surface area contributed by atoms with Gasteiger partial charge >= 0.3 is 0 Å². The maximum absolute atomic E-state index is 12.5. The zero-order valence-corrected chi connectivity index (χ0v) is 11.3. The maximum atomic E-state index is 12.5. The predicted octanol–water partition coefficient (Wildman–Crippen LogP) is 2.21. The molecular formula is C13H19NO2S. The van der Waals surface area contributed by atoms with Gasteiger partial charge in [-0.25, -0.2) is 8.42 Å². The van der Waals surface area contributed by atoms with Gasteiger partial charge in [0.25, 0.3) is 0 Å². The van der Waals surface area contributed by atoms with E-state index in [1.165, 1.54) is 0 Å². The van der Waals surface area contributed by atoms with Crippen LogP contribution in [0.1, 0.15) is 36.9 Å². The van der Waals surface area contributed by atoms with Crippen LogP contribution in [-0.4, -0.2) is 20.7 Å². The molecular weight excluding hydrogens is 234 g/mol. The lowest BCUT2D eigenvalue weighted by Gasteiger charge is -2.17. The fourth-order valence-electron chi connectivity index (χ4n) is 2.79. The van der Waals surface area contributed by atoms with E-state index in [0.717, 1.165) is 17.5 Å². The summed E-state index contributed by atoms with van der Waals surface area (Å²) in [5, 5.41) is 2.85. The second-order valence-corrected chi connectivity index (χ2v) is 6.74. The van der Waals surface area contributed by atoms with E-state index >= 15 is 0 Å². The number of rotatable bonds is 3. The summed E-state index contributed by atoms with van der Waals surface area (Å²) in [7, 11) is -1.33. The van der Waals surface area contributed by atoms with Crippen molar-refractivity contribution in [1.29, 1.82) is 0 Å². The van der Waals surface area contributed by atoms with Crippen LogP contribution in [0.4, 0.5) is 0 Å². The molecule has 0 fully saturated rings. The lowest BCUT2D eigenvalue weighted by atomic mass is 10.00. The van der Waals surface area contributed by atoms with E-state index in [9.17, 15) is 8.42 Å². The van der Waals surface area contributed by atoms with E-state index in [2.05, 4.69) is 5.32 Å². The van der Waals surface area contributed by atoms with Crippen molar-refractivity contribution in [3.05, 3.63) is 29.3 Å². The molecule has 0 spiro atoms. The van der Waals surface area contributed by atoms with Gasteiger partial charge < -0.3 is 5.32 Å². The van der Waals surface area contributed by atoms with Crippen molar-refractivity contribution >= 4 is 9.84 Å². The van der Waals surface area contributed by atoms with Crippen LogP contribution in [0.2, 0.25) is 0 Å². The third-order valence-corrected chi connectivity index (χ3v) is 5.95. The highest BCUT2D eigenvalue weighted by molar-refractivity contribution is 7.92. The van der Waals surface area contributed by atoms with E-state index in [1.807, 2.05) is 39.1 Å². The second kappa shape index (κ2) is 4.42. The fourth-order valence-corrected chi connectivity index (χ4v) is 5.32. The predicted molar refractivity (Wildman–Crippen MR) is 68.9 cm³/mol. The molecule has 0 aliphatic carbocycles. The number of sulfone groups is 1. The summed E-state index contributed by atoms with van der Waals surface area (Å²) in [6.45, 7) is 3.90. The standard InChI is InChI=1S/C13H19NO2S/c1-4-6-11-12(14-3)10-8-5-7-9(2)13(10)17(11,15)16/h5,7-8,11-12,14H,4,6H2,1-3H3. The molecule has 0 bridgehead atoms. The van der Waals surface area contributed by atoms with Gasteiger partial charge in [-0.2, -0.15) is 0 Å². The molecule has 2 unspecified atom stereocenters. The molecule has 1 aliphatic rings. The smallest absolute Gasteiger partial charge is 0.183 e. The zero-order valence-electron chi connectivity index (χ0n) is 10.5. The highest BCUT2D eigenvalue weighted by Gasteiger charge is 2.44. The molecule has 1 heterocycles. The summed E-state index contributed by atoms with van der Waals surface area (Å²) in [4.78, 5) is 0.554. The Kier molecular flexibility index (Phi) is 3.27. The number of fused-ring (bicyclic) bond motifs is 1. The minimum absolute atomic E-state index is 0.0603. The van der Waals surface area contributed by atoms with Crippen LogP contribution in [0.3, 0.4) is 0 Å². The monoisotopic (exact) mass is 253 g/mol. The number of benzene rings is 1. The number of hydrogen-bond acceptors (Lipinski definition) is 3. The molecule has 1 aromatic rings. The Balaban J connectivity index is 2.63. The van der Waals surface area contributed by atoms with Gasteiger partial charge in [0.1, 0.15) is 0 Å². The minimum Gasteiger partial charge on any atom is -0.312 e. The Morgan fingerprint density at radius 2 is 2.06 bits per heavy atom. The molecule has 4 heteroatoms. The van der Waals surface area contributed by atoms with Crippen LogP contribution in [0, 0.1) is 6.92 Å². The summed E-state index contributed by atoms with van der Waals surface area (Å²) in [5.74, 6) is 0. The first-order valence-corrected chi connectivity index (χ1v) is 7.59. The maximum Gasteiger partial charge on any atom is 0.183 e. The number of aryl methyl sites for hydroxylation is 1. The van der Waals surface area contributed by atoms with E-state index in [-0.39, 0.29) is 11.3 Å². The van der Waals surface area contributed by atoms with Crippen LogP contribution in [0.25, 0.3) is 0 Å². The topological polar surface area (TPSA) is 46.2 Å². The summed E-state index contributed by atoms with van der Waals surface area (Å²) in [5.41, 5.74) is 1.80. The van der Waals surface area contributed by atoms with Crippen LogP contribution in [0.5, 0.6) is 0 Å². The SMILES string of the molecule is CCCC1C(NC)c2cccc(C)c2S1(=O)=O. The van der Waals surface area contributed by atoms with Gasteiger partial charge in [-0.3, -0.25) is 0 Å². The molecule has 1 aromatic carbocycles. The molecule has 0 saturated carbocycles. The van der Waals surface area contributed by atoms with E-state index in [4.69, 9.17) is 0 Å². The van der Waals surface area contributed by atoms with Gasteiger partial charge in [0.05, 0.1) is 16.2 Å². The van der Waals surface area contributed by atoms with Gasteiger partial charge in [0.2, 0.25) is 0 Å². The largest absolute Gasteiger partial charge is 0.312 e. The molecule has 3 nitrogen and oxygen atoms in total. The van der Waals surface area contributed by atoms with Crippen molar-refractivity contribution < 1.29 is 8.42 Å². The highest BCUT2D eigenvalue weighted by atomic mass is 32.2.